The molecule has 0 amide bonds. The number of aryl methyl sites for hydroxylation is 1. The van der Waals surface area contributed by atoms with E-state index in [2.05, 4.69) is 9.97 Å². The van der Waals surface area contributed by atoms with Gasteiger partial charge in [-0.3, -0.25) is 0 Å². The Balaban J connectivity index is 0.000000360. The predicted octanol–water partition coefficient (Wildman–Crippen LogP) is 0.776. The number of imidazole rings is 1. The van der Waals surface area contributed by atoms with Gasteiger partial charge in [0.1, 0.15) is 5.82 Å². The van der Waals surface area contributed by atoms with Gasteiger partial charge in [-0.1, -0.05) is 0 Å². The van der Waals surface area contributed by atoms with Crippen LogP contribution in [0, 0.1) is 6.92 Å². The highest BCUT2D eigenvalue weighted by Crippen LogP contribution is 1.78. The molecule has 0 aliphatic rings. The van der Waals surface area contributed by atoms with Gasteiger partial charge in [0.2, 0.25) is 0 Å². The smallest absolute Gasteiger partial charge is 0.102 e. The van der Waals surface area contributed by atoms with Crippen molar-refractivity contribution >= 4 is 9.90 Å². The lowest BCUT2D eigenvalue weighted by atomic mass is 10.8. The molecule has 0 saturated heterocycles. The summed E-state index contributed by atoms with van der Waals surface area (Å²) < 4.78 is 0. The van der Waals surface area contributed by atoms with Gasteiger partial charge in [0.25, 0.3) is 0 Å². The van der Waals surface area contributed by atoms with Crippen LogP contribution in [0.4, 0.5) is 0 Å². The van der Waals surface area contributed by atoms with Crippen molar-refractivity contribution in [1.82, 2.24) is 9.97 Å². The number of aromatic nitrogens is 2. The molecule has 0 aliphatic heterocycles. The lowest BCUT2D eigenvalue weighted by Crippen LogP contribution is -1.66. The summed E-state index contributed by atoms with van der Waals surface area (Å²) in [5.41, 5.74) is 0. The number of nitrogens with one attached hydrogen (secondary N) is 1. The van der Waals surface area contributed by atoms with E-state index in [0.717, 1.165) is 5.82 Å². The number of aromatic amines is 1. The standard InChI is InChI=1S/C4H6N2.H3P/c1-4-5-2-3-6-4;/h2-3H,1H3,(H,5,6);1H3. The van der Waals surface area contributed by atoms with Crippen molar-refractivity contribution in [2.75, 3.05) is 0 Å². The number of rotatable bonds is 0. The lowest BCUT2D eigenvalue weighted by molar-refractivity contribution is 1.15. The molecule has 40 valence electrons. The Hall–Kier alpha value is -0.360. The first kappa shape index (κ1) is 6.64. The monoisotopic (exact) mass is 116 g/mol. The van der Waals surface area contributed by atoms with E-state index in [4.69, 9.17) is 0 Å². The van der Waals surface area contributed by atoms with Crippen molar-refractivity contribution in [3.05, 3.63) is 18.2 Å². The molecule has 3 heteroatoms. The van der Waals surface area contributed by atoms with Crippen molar-refractivity contribution in [2.24, 2.45) is 0 Å². The van der Waals surface area contributed by atoms with Crippen molar-refractivity contribution in [1.29, 1.82) is 0 Å². The second kappa shape index (κ2) is 2.75. The average Bonchev–Trinajstić information content (AvgIpc) is 1.86. The number of hydrogen-bond donors (Lipinski definition) is 1. The maximum Gasteiger partial charge on any atom is 0.102 e. The van der Waals surface area contributed by atoms with Crippen LogP contribution in [0.5, 0.6) is 0 Å². The van der Waals surface area contributed by atoms with Gasteiger partial charge < -0.3 is 4.98 Å². The first-order valence-electron chi connectivity index (χ1n) is 1.85. The van der Waals surface area contributed by atoms with Crippen molar-refractivity contribution in [3.63, 3.8) is 0 Å². The molecule has 0 bridgehead atoms. The van der Waals surface area contributed by atoms with Crippen LogP contribution in [-0.2, 0) is 0 Å². The highest BCUT2D eigenvalue weighted by molar-refractivity contribution is 6.92. The molecule has 0 saturated carbocycles. The van der Waals surface area contributed by atoms with Gasteiger partial charge in [-0.25, -0.2) is 4.98 Å². The Morgan fingerprint density at radius 1 is 1.71 bits per heavy atom. The van der Waals surface area contributed by atoms with Crippen molar-refractivity contribution in [3.8, 4) is 0 Å². The Morgan fingerprint density at radius 2 is 2.43 bits per heavy atom. The second-order valence-corrected chi connectivity index (χ2v) is 1.17. The third-order valence-corrected chi connectivity index (χ3v) is 0.635. The maximum absolute atomic E-state index is 3.86. The van der Waals surface area contributed by atoms with Crippen LogP contribution in [0.25, 0.3) is 0 Å². The first-order chi connectivity index (χ1) is 2.89. The molecule has 1 rings (SSSR count). The Morgan fingerprint density at radius 3 is 2.57 bits per heavy atom. The van der Waals surface area contributed by atoms with Gasteiger partial charge in [0, 0.05) is 12.4 Å². The van der Waals surface area contributed by atoms with E-state index in [1.165, 1.54) is 0 Å². The summed E-state index contributed by atoms with van der Waals surface area (Å²) in [7, 11) is 0. The van der Waals surface area contributed by atoms with Crippen molar-refractivity contribution < 1.29 is 0 Å². The average molecular weight is 116 g/mol. The molecule has 0 spiro atoms. The minimum Gasteiger partial charge on any atom is -0.349 e. The molecule has 0 radical (unpaired) electrons. The largest absolute Gasteiger partial charge is 0.349 e. The zero-order valence-electron chi connectivity index (χ0n) is 4.31. The fourth-order valence-corrected chi connectivity index (χ4v) is 0.344. The molecule has 1 aromatic rings. The third kappa shape index (κ3) is 1.69. The van der Waals surface area contributed by atoms with E-state index in [-0.39, 0.29) is 9.90 Å². The third-order valence-electron chi connectivity index (χ3n) is 0.635. The molecule has 0 fully saturated rings. The molecule has 2 nitrogen and oxygen atoms in total. The molecule has 1 heterocycles. The summed E-state index contributed by atoms with van der Waals surface area (Å²) in [5, 5.41) is 0. The summed E-state index contributed by atoms with van der Waals surface area (Å²) >= 11 is 0. The minimum absolute atomic E-state index is 0. The maximum atomic E-state index is 3.86. The highest BCUT2D eigenvalue weighted by atomic mass is 31.0. The predicted molar refractivity (Wildman–Crippen MR) is 34.4 cm³/mol. The van der Waals surface area contributed by atoms with Gasteiger partial charge in [-0.15, -0.1) is 0 Å². The molecular weight excluding hydrogens is 107 g/mol. The highest BCUT2D eigenvalue weighted by Gasteiger charge is 1.73. The summed E-state index contributed by atoms with van der Waals surface area (Å²) in [6, 6.07) is 0. The van der Waals surface area contributed by atoms with Crippen LogP contribution in [0.2, 0.25) is 0 Å². The minimum atomic E-state index is 0. The van der Waals surface area contributed by atoms with Gasteiger partial charge in [-0.05, 0) is 6.92 Å². The molecule has 1 N–H and O–H groups in total. The van der Waals surface area contributed by atoms with Gasteiger partial charge in [0.15, 0.2) is 0 Å². The molecule has 1 aromatic heterocycles. The first-order valence-corrected chi connectivity index (χ1v) is 1.85. The van der Waals surface area contributed by atoms with Gasteiger partial charge >= 0.3 is 0 Å². The normalized spacial score (nSPS) is 7.57. The zero-order chi connectivity index (χ0) is 4.41. The van der Waals surface area contributed by atoms with Crippen molar-refractivity contribution in [2.45, 2.75) is 6.92 Å². The lowest BCUT2D eigenvalue weighted by Gasteiger charge is -1.68. The van der Waals surface area contributed by atoms with Gasteiger partial charge in [-0.2, -0.15) is 9.90 Å². The van der Waals surface area contributed by atoms with Crippen LogP contribution in [0.15, 0.2) is 12.4 Å². The Labute approximate surface area is 46.0 Å². The fraction of sp³-hybridized carbons (Fsp3) is 0.250. The Bertz CT molecular complexity index is 113. The van der Waals surface area contributed by atoms with E-state index in [1.807, 2.05) is 6.92 Å². The van der Waals surface area contributed by atoms with Gasteiger partial charge in [0.05, 0.1) is 0 Å². The summed E-state index contributed by atoms with van der Waals surface area (Å²) in [4.78, 5) is 6.75. The second-order valence-electron chi connectivity index (χ2n) is 1.17. The SMILES string of the molecule is Cc1ncc[nH]1.P. The summed E-state index contributed by atoms with van der Waals surface area (Å²) in [6.45, 7) is 1.92. The topological polar surface area (TPSA) is 28.7 Å². The van der Waals surface area contributed by atoms with E-state index in [9.17, 15) is 0 Å². The molecule has 1 unspecified atom stereocenters. The Kier molecular flexibility index (Phi) is 2.61. The molecule has 7 heavy (non-hydrogen) atoms. The number of nitrogens with zero attached hydrogens (tertiary/aromatic N) is 1. The van der Waals surface area contributed by atoms with E-state index in [1.54, 1.807) is 12.4 Å². The summed E-state index contributed by atoms with van der Waals surface area (Å²) in [5.74, 6) is 0.968. The number of hydrogen-bond acceptors (Lipinski definition) is 1. The van der Waals surface area contributed by atoms with Crippen LogP contribution >= 0.6 is 9.90 Å². The van der Waals surface area contributed by atoms with E-state index >= 15 is 0 Å². The fourth-order valence-electron chi connectivity index (χ4n) is 0.344. The summed E-state index contributed by atoms with van der Waals surface area (Å²) in [6.07, 6.45) is 3.53. The molecule has 0 aromatic carbocycles. The molecular formula is C4H9N2P. The van der Waals surface area contributed by atoms with Crippen LogP contribution in [0.3, 0.4) is 0 Å². The van der Waals surface area contributed by atoms with E-state index in [0.29, 0.717) is 0 Å². The van der Waals surface area contributed by atoms with Crippen LogP contribution in [0.1, 0.15) is 5.82 Å². The van der Waals surface area contributed by atoms with Crippen LogP contribution in [-0.4, -0.2) is 9.97 Å². The van der Waals surface area contributed by atoms with Crippen LogP contribution < -0.4 is 0 Å². The quantitative estimate of drug-likeness (QED) is 0.498. The molecule has 0 aliphatic carbocycles. The zero-order valence-corrected chi connectivity index (χ0v) is 5.72. The molecule has 1 atom stereocenters. The number of H-pyrrole nitrogens is 1. The van der Waals surface area contributed by atoms with E-state index < -0.39 is 0 Å².